The van der Waals surface area contributed by atoms with E-state index in [0.717, 1.165) is 38.5 Å². The first-order valence-corrected chi connectivity index (χ1v) is 16.6. The molecule has 0 aromatic carbocycles. The third kappa shape index (κ3) is 20.6. The molecule has 6 unspecified atom stereocenters. The predicted molar refractivity (Wildman–Crippen MR) is 141 cm³/mol. The summed E-state index contributed by atoms with van der Waals surface area (Å²) in [6.45, 7) is 23.5. The molecule has 212 valence electrons. The molecule has 0 aliphatic rings. The summed E-state index contributed by atoms with van der Waals surface area (Å²) in [5, 5.41) is 0. The van der Waals surface area contributed by atoms with Gasteiger partial charge in [0.1, 0.15) is 0 Å². The van der Waals surface area contributed by atoms with Gasteiger partial charge in [-0.15, -0.1) is 0 Å². The molecule has 0 amide bonds. The van der Waals surface area contributed by atoms with E-state index in [1.54, 1.807) is 0 Å². The largest absolute Gasteiger partial charge is 0.677 e. The normalized spacial score (nSPS) is 20.1. The van der Waals surface area contributed by atoms with Crippen molar-refractivity contribution in [3.05, 3.63) is 0 Å². The Kier molecular flexibility index (Phi) is 25.3. The molecule has 0 rings (SSSR count). The summed E-state index contributed by atoms with van der Waals surface area (Å²) in [4.78, 5) is 20.8. The maximum absolute atomic E-state index is 10.4. The van der Waals surface area contributed by atoms with Crippen molar-refractivity contribution in [2.24, 2.45) is 0 Å². The van der Waals surface area contributed by atoms with Gasteiger partial charge >= 0.3 is 18.1 Å². The smallest absolute Gasteiger partial charge is 0.367 e. The fourth-order valence-electron chi connectivity index (χ4n) is 2.19. The zero-order valence-corrected chi connectivity index (χ0v) is 29.0. The Balaban J connectivity index is -0.000000569. The standard InChI is InChI=1S/2C12H28O4Si.Zr/c2*1-7-10(4)14-17(13,15-11(5)8-2)16-12(6)9-3;/h2*10-13H,7-9H2,1-6H3;. The van der Waals surface area contributed by atoms with E-state index < -0.39 is 18.1 Å². The summed E-state index contributed by atoms with van der Waals surface area (Å²) in [6, 6.07) is 0. The summed E-state index contributed by atoms with van der Waals surface area (Å²) in [5.74, 6) is 0. The summed E-state index contributed by atoms with van der Waals surface area (Å²) in [5.41, 5.74) is 0. The molecule has 0 aliphatic carbocycles. The molecule has 0 radical (unpaired) electrons. The number of hydrogen-bond donors (Lipinski definition) is 2. The maximum Gasteiger partial charge on any atom is 0.677 e. The minimum Gasteiger partial charge on any atom is -0.367 e. The van der Waals surface area contributed by atoms with Gasteiger partial charge in [-0.05, 0) is 80.1 Å². The van der Waals surface area contributed by atoms with Crippen molar-refractivity contribution < 1.29 is 62.4 Å². The summed E-state index contributed by atoms with van der Waals surface area (Å²) in [7, 11) is -7.00. The van der Waals surface area contributed by atoms with Crippen molar-refractivity contribution in [3.63, 3.8) is 0 Å². The second kappa shape index (κ2) is 21.9. The van der Waals surface area contributed by atoms with Crippen LogP contribution < -0.4 is 0 Å². The quantitative estimate of drug-likeness (QED) is 0.188. The van der Waals surface area contributed by atoms with E-state index in [1.807, 2.05) is 83.1 Å². The zero-order valence-electron chi connectivity index (χ0n) is 24.6. The van der Waals surface area contributed by atoms with Crippen LogP contribution in [0.5, 0.6) is 0 Å². The van der Waals surface area contributed by atoms with Crippen molar-refractivity contribution in [2.45, 2.75) is 158 Å². The summed E-state index contributed by atoms with van der Waals surface area (Å²) in [6.07, 6.45) is 4.60. The van der Waals surface area contributed by atoms with Crippen molar-refractivity contribution in [1.82, 2.24) is 0 Å². The van der Waals surface area contributed by atoms with Crippen LogP contribution >= 0.6 is 0 Å². The van der Waals surface area contributed by atoms with Gasteiger partial charge in [-0.3, -0.25) is 0 Å². The van der Waals surface area contributed by atoms with E-state index in [1.165, 1.54) is 0 Å². The van der Waals surface area contributed by atoms with E-state index >= 15 is 0 Å². The fourth-order valence-corrected chi connectivity index (χ4v) is 6.58. The Hall–Kier alpha value is 0.997. The van der Waals surface area contributed by atoms with Crippen molar-refractivity contribution in [2.75, 3.05) is 0 Å². The van der Waals surface area contributed by atoms with E-state index in [0.29, 0.717) is 0 Å². The van der Waals surface area contributed by atoms with Crippen LogP contribution in [0.2, 0.25) is 0 Å². The molecule has 0 heterocycles. The first kappa shape index (κ1) is 40.5. The van der Waals surface area contributed by atoms with Crippen LogP contribution in [0.1, 0.15) is 122 Å². The summed E-state index contributed by atoms with van der Waals surface area (Å²) < 4.78 is 33.5. The third-order valence-corrected chi connectivity index (χ3v) is 9.75. The Labute approximate surface area is 237 Å². The average Bonchev–Trinajstić information content (AvgIpc) is 2.77. The Morgan fingerprint density at radius 2 is 0.514 bits per heavy atom. The second-order valence-electron chi connectivity index (χ2n) is 9.07. The molecular formula is C24H56O8Si2Zr. The molecule has 0 aromatic rings. The Morgan fingerprint density at radius 1 is 0.400 bits per heavy atom. The van der Waals surface area contributed by atoms with Crippen LogP contribution in [0.3, 0.4) is 0 Å². The van der Waals surface area contributed by atoms with Gasteiger partial charge in [0.2, 0.25) is 0 Å². The van der Waals surface area contributed by atoms with Gasteiger partial charge in [0.25, 0.3) is 0 Å². The average molecular weight is 620 g/mol. The third-order valence-electron chi connectivity index (χ3n) is 5.55. The molecule has 0 aromatic heterocycles. The molecular weight excluding hydrogens is 564 g/mol. The van der Waals surface area contributed by atoms with E-state index in [4.69, 9.17) is 26.6 Å². The maximum atomic E-state index is 10.4. The van der Waals surface area contributed by atoms with Crippen LogP contribution in [0, 0.1) is 0 Å². The van der Waals surface area contributed by atoms with Crippen LogP contribution in [-0.2, 0) is 52.8 Å². The predicted octanol–water partition coefficient (Wildman–Crippen LogP) is 5.72. The fraction of sp³-hybridized carbons (Fsp3) is 1.00. The molecule has 2 N–H and O–H groups in total. The molecule has 0 aliphatic heterocycles. The van der Waals surface area contributed by atoms with Gasteiger partial charge in [-0.1, -0.05) is 41.5 Å². The van der Waals surface area contributed by atoms with Gasteiger partial charge in [-0.25, -0.2) is 0 Å². The molecule has 0 saturated carbocycles. The Bertz CT molecular complexity index is 388. The molecule has 0 bridgehead atoms. The summed E-state index contributed by atoms with van der Waals surface area (Å²) >= 11 is 0. The monoisotopic (exact) mass is 618 g/mol. The van der Waals surface area contributed by atoms with Gasteiger partial charge in [0.05, 0.1) is 0 Å². The van der Waals surface area contributed by atoms with E-state index in [-0.39, 0.29) is 62.8 Å². The van der Waals surface area contributed by atoms with Gasteiger partial charge in [0.15, 0.2) is 0 Å². The second-order valence-corrected chi connectivity index (χ2v) is 12.6. The minimum absolute atomic E-state index is 0. The van der Waals surface area contributed by atoms with Crippen molar-refractivity contribution in [3.8, 4) is 0 Å². The SMILES string of the molecule is CCC(C)O[Si](O)(OC(C)CC)OC(C)CC.CCC(C)O[Si](O)(OC(C)CC)OC(C)CC.[Zr]. The van der Waals surface area contributed by atoms with Crippen LogP contribution in [0.15, 0.2) is 0 Å². The molecule has 6 atom stereocenters. The van der Waals surface area contributed by atoms with Gasteiger partial charge in [0, 0.05) is 62.8 Å². The molecule has 0 spiro atoms. The van der Waals surface area contributed by atoms with Gasteiger partial charge < -0.3 is 36.1 Å². The van der Waals surface area contributed by atoms with E-state index in [9.17, 15) is 9.59 Å². The van der Waals surface area contributed by atoms with Gasteiger partial charge in [-0.2, -0.15) is 0 Å². The van der Waals surface area contributed by atoms with Crippen molar-refractivity contribution >= 4 is 18.1 Å². The number of hydrogen-bond acceptors (Lipinski definition) is 8. The minimum atomic E-state index is -3.50. The molecule has 0 saturated heterocycles. The molecule has 35 heavy (non-hydrogen) atoms. The number of rotatable bonds is 18. The molecule has 11 heteroatoms. The first-order valence-electron chi connectivity index (χ1n) is 13.2. The zero-order chi connectivity index (χ0) is 26.9. The van der Waals surface area contributed by atoms with Crippen LogP contribution in [0.25, 0.3) is 0 Å². The molecule has 0 fully saturated rings. The van der Waals surface area contributed by atoms with E-state index in [2.05, 4.69) is 0 Å². The topological polar surface area (TPSA) is 95.8 Å². The van der Waals surface area contributed by atoms with Crippen molar-refractivity contribution in [1.29, 1.82) is 0 Å². The van der Waals surface area contributed by atoms with Crippen LogP contribution in [-0.4, -0.2) is 64.3 Å². The van der Waals surface area contributed by atoms with Crippen LogP contribution in [0.4, 0.5) is 0 Å². The Morgan fingerprint density at radius 3 is 0.600 bits per heavy atom. The molecule has 8 nitrogen and oxygen atoms in total. The first-order chi connectivity index (χ1) is 15.7.